The van der Waals surface area contributed by atoms with Gasteiger partial charge in [0.1, 0.15) is 0 Å². The molecule has 0 spiro atoms. The highest BCUT2D eigenvalue weighted by atomic mass is 16.2. The fourth-order valence-electron chi connectivity index (χ4n) is 3.48. The smallest absolute Gasteiger partial charge is 0.237 e. The Kier molecular flexibility index (Phi) is 5.46. The standard InChI is InChI=1S/C18H27N3O/c22-18-17(8-4-5-11-19-18)20-16-9-12-21(13-10-16)14-15-6-2-1-3-7-15/h1-3,6-7,16-17,20H,4-5,8-14H2,(H,19,22)/t17-/m0/s1. The lowest BCUT2D eigenvalue weighted by atomic mass is 10.0. The number of nitrogens with zero attached hydrogens (tertiary/aromatic N) is 1. The SMILES string of the molecule is O=C1NCCCC[C@@H]1NC1CCN(Cc2ccccc2)CC1. The number of carbonyl (C=O) groups excluding carboxylic acids is 1. The zero-order valence-corrected chi connectivity index (χ0v) is 13.3. The van der Waals surface area contributed by atoms with Crippen molar-refractivity contribution < 1.29 is 4.79 Å². The summed E-state index contributed by atoms with van der Waals surface area (Å²) in [6, 6.07) is 11.2. The Balaban J connectivity index is 1.44. The summed E-state index contributed by atoms with van der Waals surface area (Å²) in [5.74, 6) is 0.198. The van der Waals surface area contributed by atoms with E-state index < -0.39 is 0 Å². The first-order chi connectivity index (χ1) is 10.8. The summed E-state index contributed by atoms with van der Waals surface area (Å²) >= 11 is 0. The summed E-state index contributed by atoms with van der Waals surface area (Å²) < 4.78 is 0. The monoisotopic (exact) mass is 301 g/mol. The normalized spacial score (nSPS) is 24.7. The van der Waals surface area contributed by atoms with Crippen molar-refractivity contribution in [2.45, 2.75) is 50.7 Å². The first kappa shape index (κ1) is 15.5. The first-order valence-corrected chi connectivity index (χ1v) is 8.61. The van der Waals surface area contributed by atoms with E-state index >= 15 is 0 Å². The van der Waals surface area contributed by atoms with E-state index in [2.05, 4.69) is 45.9 Å². The maximum atomic E-state index is 12.0. The molecule has 0 aromatic heterocycles. The molecule has 1 amide bonds. The molecule has 0 aliphatic carbocycles. The molecule has 0 unspecified atom stereocenters. The van der Waals surface area contributed by atoms with Crippen LogP contribution in [0.25, 0.3) is 0 Å². The van der Waals surface area contributed by atoms with Crippen LogP contribution in [0.4, 0.5) is 0 Å². The third kappa shape index (κ3) is 4.31. The fraction of sp³-hybridized carbons (Fsp3) is 0.611. The molecule has 2 aliphatic rings. The van der Waals surface area contributed by atoms with E-state index in [0.717, 1.165) is 58.3 Å². The quantitative estimate of drug-likeness (QED) is 0.893. The number of piperidine rings is 1. The number of benzene rings is 1. The Bertz CT molecular complexity index is 468. The molecule has 0 radical (unpaired) electrons. The minimum absolute atomic E-state index is 0.0215. The van der Waals surface area contributed by atoms with Crippen LogP contribution in [0.15, 0.2) is 30.3 Å². The Morgan fingerprint density at radius 2 is 1.86 bits per heavy atom. The van der Waals surface area contributed by atoms with Crippen molar-refractivity contribution in [1.82, 2.24) is 15.5 Å². The summed E-state index contributed by atoms with van der Waals surface area (Å²) in [5, 5.41) is 6.61. The van der Waals surface area contributed by atoms with Crippen molar-refractivity contribution >= 4 is 5.91 Å². The second-order valence-corrected chi connectivity index (χ2v) is 6.54. The van der Waals surface area contributed by atoms with Crippen LogP contribution in [0.2, 0.25) is 0 Å². The molecule has 2 aliphatic heterocycles. The molecule has 0 saturated carbocycles. The second-order valence-electron chi connectivity index (χ2n) is 6.54. The van der Waals surface area contributed by atoms with Crippen molar-refractivity contribution in [2.75, 3.05) is 19.6 Å². The summed E-state index contributed by atoms with van der Waals surface area (Å²) in [6.07, 6.45) is 5.51. The molecule has 2 N–H and O–H groups in total. The van der Waals surface area contributed by atoms with Gasteiger partial charge in [-0.25, -0.2) is 0 Å². The van der Waals surface area contributed by atoms with Gasteiger partial charge in [0.05, 0.1) is 6.04 Å². The van der Waals surface area contributed by atoms with Crippen LogP contribution in [-0.2, 0) is 11.3 Å². The van der Waals surface area contributed by atoms with Gasteiger partial charge in [0.25, 0.3) is 0 Å². The van der Waals surface area contributed by atoms with Gasteiger partial charge in [0, 0.05) is 19.1 Å². The highest BCUT2D eigenvalue weighted by Crippen LogP contribution is 2.16. The molecule has 2 fully saturated rings. The third-order valence-corrected chi connectivity index (χ3v) is 4.81. The highest BCUT2D eigenvalue weighted by Gasteiger charge is 2.26. The summed E-state index contributed by atoms with van der Waals surface area (Å²) in [7, 11) is 0. The van der Waals surface area contributed by atoms with Gasteiger partial charge in [-0.1, -0.05) is 30.3 Å². The molecule has 2 heterocycles. The minimum Gasteiger partial charge on any atom is -0.355 e. The molecule has 22 heavy (non-hydrogen) atoms. The zero-order valence-electron chi connectivity index (χ0n) is 13.3. The molecule has 2 saturated heterocycles. The number of amides is 1. The lowest BCUT2D eigenvalue weighted by Crippen LogP contribution is -2.50. The van der Waals surface area contributed by atoms with Gasteiger partial charge in [0.2, 0.25) is 5.91 Å². The maximum absolute atomic E-state index is 12.0. The summed E-state index contributed by atoms with van der Waals surface area (Å²) in [6.45, 7) is 4.10. The van der Waals surface area contributed by atoms with E-state index in [1.54, 1.807) is 0 Å². The Labute approximate surface area is 133 Å². The highest BCUT2D eigenvalue weighted by molar-refractivity contribution is 5.81. The van der Waals surface area contributed by atoms with Gasteiger partial charge in [-0.2, -0.15) is 0 Å². The number of likely N-dealkylation sites (tertiary alicyclic amines) is 1. The van der Waals surface area contributed by atoms with E-state index in [9.17, 15) is 4.79 Å². The van der Waals surface area contributed by atoms with Crippen LogP contribution in [0.5, 0.6) is 0 Å². The van der Waals surface area contributed by atoms with E-state index in [-0.39, 0.29) is 11.9 Å². The topological polar surface area (TPSA) is 44.4 Å². The largest absolute Gasteiger partial charge is 0.355 e. The van der Waals surface area contributed by atoms with Gasteiger partial charge in [-0.3, -0.25) is 9.69 Å². The van der Waals surface area contributed by atoms with E-state index in [4.69, 9.17) is 0 Å². The molecule has 1 aromatic carbocycles. The number of hydrogen-bond donors (Lipinski definition) is 2. The molecule has 120 valence electrons. The Morgan fingerprint density at radius 3 is 2.64 bits per heavy atom. The molecule has 3 rings (SSSR count). The number of carbonyl (C=O) groups is 1. The van der Waals surface area contributed by atoms with Crippen LogP contribution < -0.4 is 10.6 Å². The van der Waals surface area contributed by atoms with E-state index in [1.807, 2.05) is 0 Å². The van der Waals surface area contributed by atoms with Gasteiger partial charge in [0.15, 0.2) is 0 Å². The number of nitrogens with one attached hydrogen (secondary N) is 2. The zero-order chi connectivity index (χ0) is 15.2. The predicted octanol–water partition coefficient (Wildman–Crippen LogP) is 1.91. The van der Waals surface area contributed by atoms with Crippen LogP contribution >= 0.6 is 0 Å². The molecule has 1 aromatic rings. The maximum Gasteiger partial charge on any atom is 0.237 e. The number of rotatable bonds is 4. The van der Waals surface area contributed by atoms with Gasteiger partial charge >= 0.3 is 0 Å². The second kappa shape index (κ2) is 7.75. The minimum atomic E-state index is 0.0215. The number of hydrogen-bond acceptors (Lipinski definition) is 3. The summed E-state index contributed by atoms with van der Waals surface area (Å²) in [4.78, 5) is 14.5. The molecular formula is C18H27N3O. The lowest BCUT2D eigenvalue weighted by molar-refractivity contribution is -0.123. The van der Waals surface area contributed by atoms with Crippen molar-refractivity contribution in [3.8, 4) is 0 Å². The molecule has 0 bridgehead atoms. The summed E-state index contributed by atoms with van der Waals surface area (Å²) in [5.41, 5.74) is 1.39. The predicted molar refractivity (Wildman–Crippen MR) is 88.5 cm³/mol. The molecular weight excluding hydrogens is 274 g/mol. The van der Waals surface area contributed by atoms with Crippen molar-refractivity contribution in [1.29, 1.82) is 0 Å². The van der Waals surface area contributed by atoms with E-state index in [1.165, 1.54) is 5.56 Å². The van der Waals surface area contributed by atoms with Crippen molar-refractivity contribution in [2.24, 2.45) is 0 Å². The van der Waals surface area contributed by atoms with Crippen LogP contribution in [0.1, 0.15) is 37.7 Å². The van der Waals surface area contributed by atoms with Crippen molar-refractivity contribution in [3.63, 3.8) is 0 Å². The third-order valence-electron chi connectivity index (χ3n) is 4.81. The van der Waals surface area contributed by atoms with Gasteiger partial charge in [-0.05, 0) is 50.8 Å². The van der Waals surface area contributed by atoms with Crippen LogP contribution in [0, 0.1) is 0 Å². The Hall–Kier alpha value is -1.39. The van der Waals surface area contributed by atoms with E-state index in [0.29, 0.717) is 6.04 Å². The molecule has 4 nitrogen and oxygen atoms in total. The average molecular weight is 301 g/mol. The fourth-order valence-corrected chi connectivity index (χ4v) is 3.48. The van der Waals surface area contributed by atoms with Gasteiger partial charge in [-0.15, -0.1) is 0 Å². The molecule has 1 atom stereocenters. The van der Waals surface area contributed by atoms with Gasteiger partial charge < -0.3 is 10.6 Å². The van der Waals surface area contributed by atoms with Crippen molar-refractivity contribution in [3.05, 3.63) is 35.9 Å². The Morgan fingerprint density at radius 1 is 1.09 bits per heavy atom. The average Bonchev–Trinajstić information content (AvgIpc) is 2.75. The van der Waals surface area contributed by atoms with Crippen LogP contribution in [-0.4, -0.2) is 42.5 Å². The lowest BCUT2D eigenvalue weighted by Gasteiger charge is -2.34. The molecule has 4 heteroatoms. The first-order valence-electron chi connectivity index (χ1n) is 8.61. The van der Waals surface area contributed by atoms with Crippen LogP contribution in [0.3, 0.4) is 0 Å².